The van der Waals surface area contributed by atoms with Gasteiger partial charge in [0.1, 0.15) is 60.6 Å². The second-order valence-corrected chi connectivity index (χ2v) is 20.4. The maximum atomic E-state index is 12.0. The van der Waals surface area contributed by atoms with Gasteiger partial charge in [-0.3, -0.25) is 10.1 Å². The quantitative estimate of drug-likeness (QED) is 0.0347. The minimum absolute atomic E-state index is 0.0355. The number of nitrogen functional groups attached to an aromatic ring is 1. The number of anilines is 2. The van der Waals surface area contributed by atoms with Crippen LogP contribution in [0.1, 0.15) is 75.9 Å². The van der Waals surface area contributed by atoms with E-state index in [0.717, 1.165) is 12.4 Å². The first-order chi connectivity index (χ1) is 41.2. The number of aromatic nitrogens is 6. The van der Waals surface area contributed by atoms with E-state index >= 15 is 0 Å². The molecule has 26 nitrogen and oxygen atoms in total. The van der Waals surface area contributed by atoms with Crippen molar-refractivity contribution >= 4 is 197 Å². The number of carbonyl (C=O) groups is 5. The number of hydrogen-bond acceptors (Lipinski definition) is 25. The third-order valence-corrected chi connectivity index (χ3v) is 12.7. The monoisotopic (exact) mass is 1570 g/mol. The number of amides is 1. The molecule has 0 saturated carbocycles. The molecule has 0 aliphatic heterocycles. The zero-order valence-corrected chi connectivity index (χ0v) is 55.2. The summed E-state index contributed by atoms with van der Waals surface area (Å²) in [7, 11) is 0. The zero-order valence-electron chi connectivity index (χ0n) is 44.4. The minimum atomic E-state index is -0.722. The Kier molecular flexibility index (Phi) is 31.0. The Bertz CT molecular complexity index is 3960. The third-order valence-electron chi connectivity index (χ3n) is 9.34. The highest BCUT2D eigenvalue weighted by molar-refractivity contribution is 9.11. The molecular formula is C51H37Br4Cl6N11O15. The molecule has 0 spiro atoms. The molecule has 0 aliphatic carbocycles. The SMILES string of the molecule is CCOC(=O)COc1c(C#N)cc(Cl)nc1Br.CCOC(=O)Nc1c(C(=O)OCC)oc2c(Br)nc(Cl)cc12.CCOC(=O)c1oc2c(Br)nc(Cl)cc2c1N.N#Cc1cc(Cl)nc(Br)c1O.N#Cc1cc(Cl)ncc1O.O=Cc1cc(Cl)ncc1O. The van der Waals surface area contributed by atoms with Gasteiger partial charge < -0.3 is 53.6 Å². The fraction of sp³-hybridized carbons (Fsp3) is 0.176. The standard InChI is InChI=1S/C13H12BrClN2O5.2C10H8BrClN2O3.C6H2BrClN2O.C6H3ClN2O.C6H4ClNO2/c1-3-20-12(18)10-8(17-13(19)21-4-2)6-5-7(15)16-11(14)9(6)22-10;1-2-16-10(15)8-6(13)4-3-5(12)14-9(11)7(4)17-8;1-2-16-8(15)5-17-9-6(4-13)3-7(12)14-10(9)11;7-6-5(11)3(2-9)1-4(8)10-6;7-6-1-4(2-8)5(10)3-9-6;7-6-1-4(3-9)5(10)2-8-6/h5H,3-4H2,1-2H3,(H,17,19);3H,2,13H2,1H3;3H,2,5H2,1H3;1,11H;1,3,10H;1-3,10H. The maximum absolute atomic E-state index is 12.0. The number of pyridine rings is 6. The second kappa shape index (κ2) is 36.6. The van der Waals surface area contributed by atoms with Crippen LogP contribution in [-0.2, 0) is 23.7 Å². The lowest BCUT2D eigenvalue weighted by Crippen LogP contribution is -2.15. The number of esters is 3. The fourth-order valence-corrected chi connectivity index (χ4v) is 9.20. The molecule has 8 heterocycles. The smallest absolute Gasteiger partial charge is 0.411 e. The molecule has 36 heteroatoms. The van der Waals surface area contributed by atoms with E-state index in [-0.39, 0.29) is 147 Å². The van der Waals surface area contributed by atoms with Gasteiger partial charge in [-0.25, -0.2) is 49.1 Å². The van der Waals surface area contributed by atoms with Crippen molar-refractivity contribution in [2.45, 2.75) is 27.7 Å². The number of rotatable bonds is 11. The molecule has 0 aromatic carbocycles. The summed E-state index contributed by atoms with van der Waals surface area (Å²) >= 11 is 46.1. The summed E-state index contributed by atoms with van der Waals surface area (Å²) in [5.41, 5.74) is 7.35. The average molecular weight is 1580 g/mol. The van der Waals surface area contributed by atoms with Crippen molar-refractivity contribution in [1.29, 1.82) is 15.8 Å². The summed E-state index contributed by atoms with van der Waals surface area (Å²) in [5.74, 6) is -2.34. The first-order valence-electron chi connectivity index (χ1n) is 23.4. The van der Waals surface area contributed by atoms with Crippen LogP contribution in [0, 0.1) is 34.0 Å². The number of aromatic hydroxyl groups is 3. The molecule has 0 fully saturated rings. The number of nitriles is 3. The Hall–Kier alpha value is -7.54. The van der Waals surface area contributed by atoms with E-state index in [4.69, 9.17) is 139 Å². The van der Waals surface area contributed by atoms with Crippen LogP contribution >= 0.6 is 133 Å². The van der Waals surface area contributed by atoms with Crippen molar-refractivity contribution in [2.75, 3.05) is 44.1 Å². The van der Waals surface area contributed by atoms with Gasteiger partial charge in [-0.1, -0.05) is 69.6 Å². The summed E-state index contributed by atoms with van der Waals surface area (Å²) in [6.45, 7) is 7.29. The first kappa shape index (κ1) is 73.7. The Balaban J connectivity index is 0.000000280. The lowest BCUT2D eigenvalue weighted by molar-refractivity contribution is -0.145. The van der Waals surface area contributed by atoms with E-state index in [2.05, 4.69) is 98.9 Å². The van der Waals surface area contributed by atoms with Gasteiger partial charge in [-0.15, -0.1) is 0 Å². The molecule has 456 valence electrons. The first-order valence-corrected chi connectivity index (χ1v) is 28.8. The average Bonchev–Trinajstić information content (AvgIpc) is 1.77. The van der Waals surface area contributed by atoms with Gasteiger partial charge in [0.2, 0.25) is 11.5 Å². The van der Waals surface area contributed by atoms with Gasteiger partial charge in [-0.2, -0.15) is 15.8 Å². The van der Waals surface area contributed by atoms with Gasteiger partial charge in [-0.05, 0) is 128 Å². The fourth-order valence-electron chi connectivity index (χ4n) is 5.79. The van der Waals surface area contributed by atoms with Gasteiger partial charge in [0.15, 0.2) is 59.7 Å². The highest BCUT2D eigenvalue weighted by Gasteiger charge is 2.26. The maximum Gasteiger partial charge on any atom is 0.411 e. The largest absolute Gasteiger partial charge is 0.506 e. The van der Waals surface area contributed by atoms with Crippen molar-refractivity contribution in [3.63, 3.8) is 0 Å². The number of halogens is 10. The van der Waals surface area contributed by atoms with E-state index in [1.54, 1.807) is 39.8 Å². The van der Waals surface area contributed by atoms with E-state index in [9.17, 15) is 24.0 Å². The van der Waals surface area contributed by atoms with E-state index in [1.807, 2.05) is 6.07 Å². The van der Waals surface area contributed by atoms with Gasteiger partial charge in [0.05, 0.1) is 77.5 Å². The van der Waals surface area contributed by atoms with Crippen molar-refractivity contribution in [3.8, 4) is 41.2 Å². The molecule has 0 bridgehead atoms. The number of nitrogens with one attached hydrogen (secondary N) is 1. The van der Waals surface area contributed by atoms with E-state index < -0.39 is 24.0 Å². The molecule has 0 aliphatic rings. The molecule has 0 atom stereocenters. The molecule has 0 radical (unpaired) electrons. The lowest BCUT2D eigenvalue weighted by Gasteiger charge is -2.08. The molecular weight excluding hydrogens is 1540 g/mol. The van der Waals surface area contributed by atoms with Gasteiger partial charge in [0.25, 0.3) is 0 Å². The Morgan fingerprint density at radius 1 is 0.598 bits per heavy atom. The molecule has 8 rings (SSSR count). The number of ether oxygens (including phenoxy) is 5. The van der Waals surface area contributed by atoms with E-state index in [1.165, 1.54) is 36.4 Å². The summed E-state index contributed by atoms with van der Waals surface area (Å²) in [5, 5.41) is 57.1. The molecule has 8 aromatic heterocycles. The number of fused-ring (bicyclic) bond motifs is 2. The van der Waals surface area contributed by atoms with Crippen LogP contribution < -0.4 is 15.8 Å². The number of hydrogen-bond donors (Lipinski definition) is 5. The Morgan fingerprint density at radius 2 is 1.05 bits per heavy atom. The summed E-state index contributed by atoms with van der Waals surface area (Å²) in [6, 6.07) is 13.7. The molecule has 6 N–H and O–H groups in total. The highest BCUT2D eigenvalue weighted by Crippen LogP contribution is 2.38. The van der Waals surface area contributed by atoms with Crippen molar-refractivity contribution in [3.05, 3.63) is 132 Å². The molecule has 87 heavy (non-hydrogen) atoms. The molecule has 0 unspecified atom stereocenters. The highest BCUT2D eigenvalue weighted by atomic mass is 79.9. The number of carbonyl (C=O) groups excluding carboxylic acids is 5. The minimum Gasteiger partial charge on any atom is -0.506 e. The van der Waals surface area contributed by atoms with Crippen LogP contribution in [0.15, 0.2) is 76.0 Å². The van der Waals surface area contributed by atoms with Gasteiger partial charge >= 0.3 is 24.0 Å². The number of nitrogens with two attached hydrogens (primary N) is 1. The molecule has 0 saturated heterocycles. The number of nitrogens with zero attached hydrogens (tertiary/aromatic N) is 9. The predicted molar refractivity (Wildman–Crippen MR) is 329 cm³/mol. The number of furan rings is 2. The molecule has 8 aromatic rings. The van der Waals surface area contributed by atoms with Crippen molar-refractivity contribution in [1.82, 2.24) is 29.9 Å². The Labute approximate surface area is 554 Å². The lowest BCUT2D eigenvalue weighted by atomic mass is 10.2. The van der Waals surface area contributed by atoms with Crippen LogP contribution in [0.2, 0.25) is 30.9 Å². The van der Waals surface area contributed by atoms with Gasteiger partial charge in [0, 0.05) is 0 Å². The Morgan fingerprint density at radius 3 is 1.56 bits per heavy atom. The summed E-state index contributed by atoms with van der Waals surface area (Å²) < 4.78 is 36.4. The van der Waals surface area contributed by atoms with Crippen LogP contribution in [0.25, 0.3) is 21.9 Å². The topological polar surface area (TPSA) is 405 Å². The predicted octanol–water partition coefficient (Wildman–Crippen LogP) is 13.9. The zero-order chi connectivity index (χ0) is 65.2. The summed E-state index contributed by atoms with van der Waals surface area (Å²) in [6.07, 6.45) is 2.07. The summed E-state index contributed by atoms with van der Waals surface area (Å²) in [4.78, 5) is 79.0. The van der Waals surface area contributed by atoms with Crippen LogP contribution in [-0.4, -0.2) is 109 Å². The molecule has 1 amide bonds. The second-order valence-electron chi connectivity index (χ2n) is 15.0. The van der Waals surface area contributed by atoms with E-state index in [0.29, 0.717) is 31.8 Å². The van der Waals surface area contributed by atoms with Crippen LogP contribution in [0.5, 0.6) is 23.0 Å². The number of aldehydes is 1. The van der Waals surface area contributed by atoms with Crippen molar-refractivity contribution < 1.29 is 71.8 Å². The van der Waals surface area contributed by atoms with Crippen LogP contribution in [0.3, 0.4) is 0 Å². The normalized spacial score (nSPS) is 9.87. The third kappa shape index (κ3) is 22.3. The van der Waals surface area contributed by atoms with Crippen LogP contribution in [0.4, 0.5) is 16.2 Å². The van der Waals surface area contributed by atoms with Crippen molar-refractivity contribution in [2.24, 2.45) is 0 Å².